The normalized spacial score (nSPS) is 14.7. The molecule has 0 bridgehead atoms. The van der Waals surface area contributed by atoms with Gasteiger partial charge in [-0.1, -0.05) is 18.6 Å². The summed E-state index contributed by atoms with van der Waals surface area (Å²) in [6.45, 7) is 1.02. The van der Waals surface area contributed by atoms with Crippen LogP contribution in [0.5, 0.6) is 5.75 Å². The van der Waals surface area contributed by atoms with Crippen LogP contribution < -0.4 is 10.1 Å². The minimum Gasteiger partial charge on any atom is -0.495 e. The second-order valence-electron chi connectivity index (χ2n) is 8.43. The van der Waals surface area contributed by atoms with Crippen LogP contribution in [0, 0.1) is 0 Å². The molecule has 1 fully saturated rings. The Kier molecular flexibility index (Phi) is 6.27. The maximum absolute atomic E-state index is 13.1. The number of imidazole rings is 1. The molecule has 180 valence electrons. The number of aromatic nitrogens is 2. The molecule has 35 heavy (non-hydrogen) atoms. The third-order valence-corrected chi connectivity index (χ3v) is 8.13. The minimum absolute atomic E-state index is 0.137. The standard InChI is InChI=1S/C26H26N4O4S/c1-34-25-14-13-21(35(32,33)29-15-5-2-6-16-29)17-23(25)28-26(31)19-9-11-20(12-10-19)30-18-27-22-7-3-4-8-24(22)30/h3-4,7-14,17-18H,2,5-6,15-16H2,1H3,(H,28,31). The van der Waals surface area contributed by atoms with E-state index in [4.69, 9.17) is 4.74 Å². The number of ether oxygens (including phenoxy) is 1. The molecule has 0 radical (unpaired) electrons. The van der Waals surface area contributed by atoms with Crippen molar-refractivity contribution in [1.82, 2.24) is 13.9 Å². The van der Waals surface area contributed by atoms with Gasteiger partial charge in [0, 0.05) is 24.3 Å². The van der Waals surface area contributed by atoms with Crippen LogP contribution in [0.1, 0.15) is 29.6 Å². The van der Waals surface area contributed by atoms with Crippen LogP contribution >= 0.6 is 0 Å². The van der Waals surface area contributed by atoms with E-state index >= 15 is 0 Å². The van der Waals surface area contributed by atoms with Gasteiger partial charge in [-0.25, -0.2) is 13.4 Å². The fraction of sp³-hybridized carbons (Fsp3) is 0.231. The number of hydrogen-bond acceptors (Lipinski definition) is 5. The lowest BCUT2D eigenvalue weighted by atomic mass is 10.1. The van der Waals surface area contributed by atoms with Gasteiger partial charge in [0.25, 0.3) is 5.91 Å². The summed E-state index contributed by atoms with van der Waals surface area (Å²) < 4.78 is 35.0. The number of sulfonamides is 1. The van der Waals surface area contributed by atoms with Gasteiger partial charge >= 0.3 is 0 Å². The number of hydrogen-bond donors (Lipinski definition) is 1. The number of para-hydroxylation sites is 2. The number of amides is 1. The Morgan fingerprint density at radius 1 is 0.971 bits per heavy atom. The van der Waals surface area contributed by atoms with Crippen molar-refractivity contribution in [1.29, 1.82) is 0 Å². The summed E-state index contributed by atoms with van der Waals surface area (Å²) in [7, 11) is -2.16. The predicted octanol–water partition coefficient (Wildman–Crippen LogP) is 4.46. The highest BCUT2D eigenvalue weighted by atomic mass is 32.2. The Labute approximate surface area is 204 Å². The Balaban J connectivity index is 1.38. The van der Waals surface area contributed by atoms with Crippen molar-refractivity contribution in [2.45, 2.75) is 24.2 Å². The van der Waals surface area contributed by atoms with Gasteiger partial charge < -0.3 is 10.1 Å². The molecule has 1 aliphatic rings. The molecular formula is C26H26N4O4S. The van der Waals surface area contributed by atoms with Gasteiger partial charge in [-0.15, -0.1) is 0 Å². The van der Waals surface area contributed by atoms with Crippen molar-refractivity contribution in [3.63, 3.8) is 0 Å². The maximum Gasteiger partial charge on any atom is 0.255 e. The lowest BCUT2D eigenvalue weighted by Gasteiger charge is -2.26. The smallest absolute Gasteiger partial charge is 0.255 e. The summed E-state index contributed by atoms with van der Waals surface area (Å²) in [5.41, 5.74) is 3.48. The quantitative estimate of drug-likeness (QED) is 0.431. The first kappa shape index (κ1) is 23.1. The highest BCUT2D eigenvalue weighted by Crippen LogP contribution is 2.30. The first-order valence-electron chi connectivity index (χ1n) is 11.5. The molecule has 1 aromatic heterocycles. The number of carbonyl (C=O) groups excluding carboxylic acids is 1. The second kappa shape index (κ2) is 9.52. The Bertz CT molecular complexity index is 1470. The van der Waals surface area contributed by atoms with E-state index in [0.717, 1.165) is 36.0 Å². The van der Waals surface area contributed by atoms with Gasteiger partial charge in [-0.3, -0.25) is 9.36 Å². The zero-order valence-electron chi connectivity index (χ0n) is 19.3. The van der Waals surface area contributed by atoms with Gasteiger partial charge in [-0.05, 0) is 67.4 Å². The molecule has 0 atom stereocenters. The fourth-order valence-electron chi connectivity index (χ4n) is 4.33. The molecule has 9 heteroatoms. The van der Waals surface area contributed by atoms with Crippen molar-refractivity contribution in [3.8, 4) is 11.4 Å². The number of methoxy groups -OCH3 is 1. The van der Waals surface area contributed by atoms with E-state index in [-0.39, 0.29) is 10.8 Å². The van der Waals surface area contributed by atoms with Crippen molar-refractivity contribution < 1.29 is 17.9 Å². The SMILES string of the molecule is COc1ccc(S(=O)(=O)N2CCCCC2)cc1NC(=O)c1ccc(-n2cnc3ccccc32)cc1. The molecule has 1 amide bonds. The molecule has 0 saturated carbocycles. The molecule has 0 unspecified atom stereocenters. The van der Waals surface area contributed by atoms with Crippen LogP contribution in [0.4, 0.5) is 5.69 Å². The van der Waals surface area contributed by atoms with Gasteiger partial charge in [0.2, 0.25) is 10.0 Å². The molecule has 0 spiro atoms. The summed E-state index contributed by atoms with van der Waals surface area (Å²) in [5, 5.41) is 2.81. The average Bonchev–Trinajstić information content (AvgIpc) is 3.33. The van der Waals surface area contributed by atoms with Crippen LogP contribution in [-0.4, -0.2) is 48.4 Å². The van der Waals surface area contributed by atoms with E-state index in [9.17, 15) is 13.2 Å². The largest absolute Gasteiger partial charge is 0.495 e. The van der Waals surface area contributed by atoms with Crippen molar-refractivity contribution in [2.24, 2.45) is 0 Å². The van der Waals surface area contributed by atoms with Crippen molar-refractivity contribution >= 4 is 32.7 Å². The van der Waals surface area contributed by atoms with Gasteiger partial charge in [-0.2, -0.15) is 4.31 Å². The highest BCUT2D eigenvalue weighted by molar-refractivity contribution is 7.89. The number of anilines is 1. The summed E-state index contributed by atoms with van der Waals surface area (Å²) in [5.74, 6) is 0.0234. The number of nitrogens with one attached hydrogen (secondary N) is 1. The summed E-state index contributed by atoms with van der Waals surface area (Å²) in [4.78, 5) is 17.6. The van der Waals surface area contributed by atoms with Crippen LogP contribution in [-0.2, 0) is 10.0 Å². The number of fused-ring (bicyclic) bond motifs is 1. The van der Waals surface area contributed by atoms with Gasteiger partial charge in [0.05, 0.1) is 28.7 Å². The van der Waals surface area contributed by atoms with Crippen molar-refractivity contribution in [2.75, 3.05) is 25.5 Å². The fourth-order valence-corrected chi connectivity index (χ4v) is 5.88. The molecule has 1 saturated heterocycles. The lowest BCUT2D eigenvalue weighted by Crippen LogP contribution is -2.35. The van der Waals surface area contributed by atoms with E-state index in [1.54, 1.807) is 24.5 Å². The number of benzene rings is 3. The maximum atomic E-state index is 13.1. The number of carbonyl (C=O) groups is 1. The van der Waals surface area contributed by atoms with Crippen LogP contribution in [0.15, 0.2) is 78.0 Å². The zero-order valence-corrected chi connectivity index (χ0v) is 20.2. The van der Waals surface area contributed by atoms with E-state index in [2.05, 4.69) is 10.3 Å². The van der Waals surface area contributed by atoms with Crippen LogP contribution in [0.3, 0.4) is 0 Å². The van der Waals surface area contributed by atoms with E-state index < -0.39 is 10.0 Å². The Morgan fingerprint density at radius 3 is 2.46 bits per heavy atom. The highest BCUT2D eigenvalue weighted by Gasteiger charge is 2.27. The zero-order chi connectivity index (χ0) is 24.4. The van der Waals surface area contributed by atoms with Crippen LogP contribution in [0.25, 0.3) is 16.7 Å². The molecule has 0 aliphatic carbocycles. The first-order chi connectivity index (χ1) is 17.0. The lowest BCUT2D eigenvalue weighted by molar-refractivity contribution is 0.102. The van der Waals surface area contributed by atoms with Gasteiger partial charge in [0.1, 0.15) is 12.1 Å². The summed E-state index contributed by atoms with van der Waals surface area (Å²) >= 11 is 0. The Morgan fingerprint density at radius 2 is 1.71 bits per heavy atom. The monoisotopic (exact) mass is 490 g/mol. The first-order valence-corrected chi connectivity index (χ1v) is 12.9. The average molecular weight is 491 g/mol. The topological polar surface area (TPSA) is 93.5 Å². The number of rotatable bonds is 6. The molecule has 1 aliphatic heterocycles. The summed E-state index contributed by atoms with van der Waals surface area (Å²) in [6, 6.07) is 19.5. The third kappa shape index (κ3) is 4.52. The Hall–Kier alpha value is -3.69. The van der Waals surface area contributed by atoms with E-state index in [1.807, 2.05) is 41.0 Å². The van der Waals surface area contributed by atoms with Crippen LogP contribution in [0.2, 0.25) is 0 Å². The molecule has 3 aromatic carbocycles. The predicted molar refractivity (Wildman–Crippen MR) is 135 cm³/mol. The molecule has 4 aromatic rings. The second-order valence-corrected chi connectivity index (χ2v) is 10.4. The molecule has 5 rings (SSSR count). The molecule has 8 nitrogen and oxygen atoms in total. The molecule has 2 heterocycles. The third-order valence-electron chi connectivity index (χ3n) is 6.23. The van der Waals surface area contributed by atoms with Crippen molar-refractivity contribution in [3.05, 3.63) is 78.6 Å². The molecular weight excluding hydrogens is 464 g/mol. The van der Waals surface area contributed by atoms with E-state index in [1.165, 1.54) is 23.5 Å². The number of nitrogens with zero attached hydrogens (tertiary/aromatic N) is 3. The minimum atomic E-state index is -3.64. The summed E-state index contributed by atoms with van der Waals surface area (Å²) in [6.07, 6.45) is 4.48. The van der Waals surface area contributed by atoms with Gasteiger partial charge in [0.15, 0.2) is 0 Å². The van der Waals surface area contributed by atoms with E-state index in [0.29, 0.717) is 30.1 Å². The molecule has 1 N–H and O–H groups in total. The number of piperidine rings is 1.